The van der Waals surface area contributed by atoms with Gasteiger partial charge in [0.1, 0.15) is 30.5 Å². The van der Waals surface area contributed by atoms with Crippen LogP contribution in [0.4, 0.5) is 0 Å². The van der Waals surface area contributed by atoms with Crippen LogP contribution >= 0.6 is 11.6 Å². The largest absolute Gasteiger partial charge is 0.489 e. The zero-order valence-corrected chi connectivity index (χ0v) is 21.0. The molecule has 7 heteroatoms. The second-order valence-corrected chi connectivity index (χ2v) is 8.98. The molecule has 4 aromatic carbocycles. The van der Waals surface area contributed by atoms with Gasteiger partial charge in [0.15, 0.2) is 0 Å². The summed E-state index contributed by atoms with van der Waals surface area (Å²) >= 11 is 6.20. The minimum Gasteiger partial charge on any atom is -0.489 e. The number of carboxylic acids is 1. The average molecular weight is 526 g/mol. The van der Waals surface area contributed by atoms with Gasteiger partial charge in [-0.25, -0.2) is 9.78 Å². The van der Waals surface area contributed by atoms with E-state index in [0.717, 1.165) is 16.6 Å². The van der Waals surface area contributed by atoms with Crippen molar-refractivity contribution in [3.8, 4) is 17.2 Å². The molecule has 0 aliphatic heterocycles. The fraction of sp³-hybridized carbons (Fsp3) is 0.0968. The summed E-state index contributed by atoms with van der Waals surface area (Å²) in [6.07, 6.45) is -1.16. The molecule has 0 aliphatic rings. The van der Waals surface area contributed by atoms with Crippen LogP contribution in [0.2, 0.25) is 5.02 Å². The number of aliphatic carboxylic acids is 1. The lowest BCUT2D eigenvalue weighted by atomic mass is 10.1. The van der Waals surface area contributed by atoms with Crippen LogP contribution in [0, 0.1) is 0 Å². The Bertz CT molecular complexity index is 1540. The standard InChI is InChI=1S/C31H24ClNO5/c32-24-11-17-29(38-30(31(34)35)22-7-2-1-3-8-22)23(18-24)19-36-26-13-15-27(16-14-26)37-20-25-12-10-21-6-4-5-9-28(21)33-25/h1-18,30H,19-20H2,(H,34,35). The second kappa shape index (κ2) is 11.7. The topological polar surface area (TPSA) is 77.9 Å². The van der Waals surface area contributed by atoms with E-state index in [-0.39, 0.29) is 6.61 Å². The minimum atomic E-state index is -1.16. The van der Waals surface area contributed by atoms with Crippen molar-refractivity contribution >= 4 is 28.5 Å². The molecule has 0 saturated carbocycles. The van der Waals surface area contributed by atoms with Gasteiger partial charge in [-0.2, -0.15) is 0 Å². The molecule has 1 atom stereocenters. The summed E-state index contributed by atoms with van der Waals surface area (Å²) < 4.78 is 17.7. The maximum absolute atomic E-state index is 11.9. The lowest BCUT2D eigenvalue weighted by Crippen LogP contribution is -2.19. The minimum absolute atomic E-state index is 0.137. The molecule has 0 bridgehead atoms. The summed E-state index contributed by atoms with van der Waals surface area (Å²) in [5, 5.41) is 11.3. The number of rotatable bonds is 10. The predicted molar refractivity (Wildman–Crippen MR) is 146 cm³/mol. The van der Waals surface area contributed by atoms with Gasteiger partial charge in [0.05, 0.1) is 11.2 Å². The number of ether oxygens (including phenoxy) is 3. The molecule has 38 heavy (non-hydrogen) atoms. The van der Waals surface area contributed by atoms with Crippen LogP contribution in [0.3, 0.4) is 0 Å². The Labute approximate surface area is 225 Å². The van der Waals surface area contributed by atoms with E-state index in [9.17, 15) is 9.90 Å². The summed E-state index contributed by atoms with van der Waals surface area (Å²) in [4.78, 5) is 16.5. The average Bonchev–Trinajstić information content (AvgIpc) is 2.95. The molecular weight excluding hydrogens is 502 g/mol. The number of carboxylic acid groups (broad SMARTS) is 1. The number of para-hydroxylation sites is 1. The van der Waals surface area contributed by atoms with E-state index in [1.165, 1.54) is 0 Å². The third-order valence-corrected chi connectivity index (χ3v) is 6.09. The molecule has 0 saturated heterocycles. The van der Waals surface area contributed by atoms with Gasteiger partial charge >= 0.3 is 5.97 Å². The first-order valence-electron chi connectivity index (χ1n) is 12.0. The highest BCUT2D eigenvalue weighted by Gasteiger charge is 2.23. The van der Waals surface area contributed by atoms with Crippen LogP contribution in [-0.2, 0) is 18.0 Å². The molecule has 190 valence electrons. The van der Waals surface area contributed by atoms with Gasteiger partial charge < -0.3 is 19.3 Å². The molecule has 1 unspecified atom stereocenters. The zero-order chi connectivity index (χ0) is 26.3. The summed E-state index contributed by atoms with van der Waals surface area (Å²) in [6, 6.07) is 33.0. The van der Waals surface area contributed by atoms with E-state index in [1.54, 1.807) is 54.6 Å². The van der Waals surface area contributed by atoms with Crippen LogP contribution in [0.1, 0.15) is 22.9 Å². The molecule has 0 amide bonds. The number of hydrogen-bond acceptors (Lipinski definition) is 5. The Morgan fingerprint density at radius 2 is 1.47 bits per heavy atom. The summed E-state index contributed by atoms with van der Waals surface area (Å²) in [6.45, 7) is 0.485. The van der Waals surface area contributed by atoms with Crippen molar-refractivity contribution in [2.24, 2.45) is 0 Å². The Hall–Kier alpha value is -4.55. The Kier molecular flexibility index (Phi) is 7.71. The van der Waals surface area contributed by atoms with Crippen LogP contribution < -0.4 is 14.2 Å². The molecule has 5 rings (SSSR count). The first kappa shape index (κ1) is 25.1. The molecule has 6 nitrogen and oxygen atoms in total. The van der Waals surface area contributed by atoms with Gasteiger partial charge in [-0.1, -0.05) is 66.2 Å². The van der Waals surface area contributed by atoms with Crippen LogP contribution in [0.15, 0.2) is 109 Å². The van der Waals surface area contributed by atoms with Gasteiger partial charge in [-0.15, -0.1) is 0 Å². The van der Waals surface area contributed by atoms with Crippen LogP contribution in [-0.4, -0.2) is 16.1 Å². The van der Waals surface area contributed by atoms with E-state index in [0.29, 0.717) is 40.0 Å². The number of aromatic nitrogens is 1. The Balaban J connectivity index is 1.22. The summed E-state index contributed by atoms with van der Waals surface area (Å²) in [7, 11) is 0. The molecule has 5 aromatic rings. The highest BCUT2D eigenvalue weighted by Crippen LogP contribution is 2.30. The smallest absolute Gasteiger partial charge is 0.349 e. The lowest BCUT2D eigenvalue weighted by molar-refractivity contribution is -0.145. The summed E-state index contributed by atoms with van der Waals surface area (Å²) in [5.41, 5.74) is 2.94. The van der Waals surface area contributed by atoms with Crippen molar-refractivity contribution in [1.82, 2.24) is 4.98 Å². The predicted octanol–water partition coefficient (Wildman–Crippen LogP) is 7.25. The molecule has 0 radical (unpaired) electrons. The molecular formula is C31H24ClNO5. The van der Waals surface area contributed by atoms with Crippen molar-refractivity contribution in [1.29, 1.82) is 0 Å². The molecule has 0 fully saturated rings. The highest BCUT2D eigenvalue weighted by molar-refractivity contribution is 6.30. The maximum atomic E-state index is 11.9. The van der Waals surface area contributed by atoms with Gasteiger partial charge in [-0.3, -0.25) is 0 Å². The molecule has 0 aliphatic carbocycles. The van der Waals surface area contributed by atoms with Gasteiger partial charge in [-0.05, 0) is 54.6 Å². The molecule has 1 aromatic heterocycles. The first-order valence-corrected chi connectivity index (χ1v) is 12.4. The van der Waals surface area contributed by atoms with Gasteiger partial charge in [0, 0.05) is 21.5 Å². The quantitative estimate of drug-likeness (QED) is 0.207. The molecule has 0 spiro atoms. The fourth-order valence-electron chi connectivity index (χ4n) is 3.93. The number of fused-ring (bicyclic) bond motifs is 1. The van der Waals surface area contributed by atoms with Gasteiger partial charge in [0.25, 0.3) is 0 Å². The number of halogens is 1. The normalized spacial score (nSPS) is 11.6. The zero-order valence-electron chi connectivity index (χ0n) is 20.3. The van der Waals surface area contributed by atoms with Crippen LogP contribution in [0.5, 0.6) is 17.2 Å². The van der Waals surface area contributed by atoms with Crippen molar-refractivity contribution < 1.29 is 24.1 Å². The number of benzene rings is 4. The van der Waals surface area contributed by atoms with Crippen molar-refractivity contribution in [3.63, 3.8) is 0 Å². The highest BCUT2D eigenvalue weighted by atomic mass is 35.5. The van der Waals surface area contributed by atoms with Crippen LogP contribution in [0.25, 0.3) is 10.9 Å². The maximum Gasteiger partial charge on any atom is 0.349 e. The number of carbonyl (C=O) groups is 1. The van der Waals surface area contributed by atoms with E-state index in [4.69, 9.17) is 25.8 Å². The fourth-order valence-corrected chi connectivity index (χ4v) is 4.13. The van der Waals surface area contributed by atoms with E-state index in [1.807, 2.05) is 54.6 Å². The Morgan fingerprint density at radius 3 is 2.21 bits per heavy atom. The number of hydrogen-bond donors (Lipinski definition) is 1. The molecule has 1 heterocycles. The Morgan fingerprint density at radius 1 is 0.789 bits per heavy atom. The number of nitrogens with zero attached hydrogens (tertiary/aromatic N) is 1. The summed E-state index contributed by atoms with van der Waals surface area (Å²) in [5.74, 6) is 0.595. The van der Waals surface area contributed by atoms with E-state index < -0.39 is 12.1 Å². The second-order valence-electron chi connectivity index (χ2n) is 8.54. The third kappa shape index (κ3) is 6.22. The monoisotopic (exact) mass is 525 g/mol. The SMILES string of the molecule is O=C(O)C(Oc1ccc(Cl)cc1COc1ccc(OCc2ccc3ccccc3n2)cc1)c1ccccc1. The van der Waals surface area contributed by atoms with Crippen molar-refractivity contribution in [3.05, 3.63) is 131 Å². The third-order valence-electron chi connectivity index (χ3n) is 5.85. The van der Waals surface area contributed by atoms with Crippen molar-refractivity contribution in [2.75, 3.05) is 0 Å². The van der Waals surface area contributed by atoms with Gasteiger partial charge in [0.2, 0.25) is 6.10 Å². The van der Waals surface area contributed by atoms with Crippen molar-refractivity contribution in [2.45, 2.75) is 19.3 Å². The van der Waals surface area contributed by atoms with E-state index >= 15 is 0 Å². The molecule has 1 N–H and O–H groups in total. The number of pyridine rings is 1. The first-order chi connectivity index (χ1) is 18.5. The lowest BCUT2D eigenvalue weighted by Gasteiger charge is -2.18. The van der Waals surface area contributed by atoms with E-state index in [2.05, 4.69) is 4.98 Å².